The van der Waals surface area contributed by atoms with Gasteiger partial charge in [0.1, 0.15) is 12.1 Å². The first-order chi connectivity index (χ1) is 9.64. The second kappa shape index (κ2) is 6.55. The van der Waals surface area contributed by atoms with E-state index in [0.717, 1.165) is 0 Å². The number of carboxylic acids is 1. The predicted octanol–water partition coefficient (Wildman–Crippen LogP) is 0.0764. The van der Waals surface area contributed by atoms with E-state index in [1.54, 1.807) is 20.8 Å². The molecular formula is C13H21N3O5. The zero-order valence-corrected chi connectivity index (χ0v) is 12.4. The largest absolute Gasteiger partial charge is 0.481 e. The van der Waals surface area contributed by atoms with Crippen LogP contribution in [0.5, 0.6) is 0 Å². The summed E-state index contributed by atoms with van der Waals surface area (Å²) in [5, 5.41) is 13.4. The van der Waals surface area contributed by atoms with Gasteiger partial charge in [-0.3, -0.25) is 19.7 Å². The highest BCUT2D eigenvalue weighted by molar-refractivity contribution is 6.05. The monoisotopic (exact) mass is 299 g/mol. The number of urea groups is 1. The van der Waals surface area contributed by atoms with Crippen molar-refractivity contribution in [2.45, 2.75) is 51.6 Å². The lowest BCUT2D eigenvalue weighted by Gasteiger charge is -2.40. The summed E-state index contributed by atoms with van der Waals surface area (Å²) in [7, 11) is 0. The highest BCUT2D eigenvalue weighted by atomic mass is 16.4. The smallest absolute Gasteiger partial charge is 0.318 e. The molecule has 3 N–H and O–H groups in total. The van der Waals surface area contributed by atoms with E-state index in [1.807, 2.05) is 0 Å². The average Bonchev–Trinajstić information content (AvgIpc) is 2.33. The maximum absolute atomic E-state index is 12.2. The normalized spacial score (nSPS) is 18.9. The number of carboxylic acid groups (broad SMARTS) is 1. The highest BCUT2D eigenvalue weighted by Crippen LogP contribution is 2.18. The SMILES string of the molecule is CC(CCCC(=O)O)NC(=O)N1CC(=O)NC(=O)C1(C)C. The van der Waals surface area contributed by atoms with Crippen molar-refractivity contribution < 1.29 is 24.3 Å². The van der Waals surface area contributed by atoms with Crippen molar-refractivity contribution in [3.63, 3.8) is 0 Å². The molecule has 0 aromatic carbocycles. The summed E-state index contributed by atoms with van der Waals surface area (Å²) in [6, 6.07) is -0.751. The van der Waals surface area contributed by atoms with Crippen LogP contribution in [0, 0.1) is 0 Å². The van der Waals surface area contributed by atoms with Gasteiger partial charge in [-0.25, -0.2) is 4.79 Å². The van der Waals surface area contributed by atoms with E-state index in [4.69, 9.17) is 5.11 Å². The van der Waals surface area contributed by atoms with Crippen molar-refractivity contribution in [3.05, 3.63) is 0 Å². The van der Waals surface area contributed by atoms with Gasteiger partial charge in [0.25, 0.3) is 5.91 Å². The second-order valence-electron chi connectivity index (χ2n) is 5.66. The first-order valence-electron chi connectivity index (χ1n) is 6.78. The zero-order valence-electron chi connectivity index (χ0n) is 12.4. The lowest BCUT2D eigenvalue weighted by molar-refractivity contribution is -0.143. The maximum atomic E-state index is 12.2. The number of carbonyl (C=O) groups is 4. The average molecular weight is 299 g/mol. The van der Waals surface area contributed by atoms with Gasteiger partial charge in [0.2, 0.25) is 5.91 Å². The number of rotatable bonds is 5. The Bertz CT molecular complexity index is 461. The van der Waals surface area contributed by atoms with Crippen LogP contribution in [0.1, 0.15) is 40.0 Å². The molecule has 1 aliphatic heterocycles. The molecule has 1 rings (SSSR count). The van der Waals surface area contributed by atoms with Crippen molar-refractivity contribution >= 4 is 23.8 Å². The Balaban J connectivity index is 2.59. The molecule has 0 spiro atoms. The molecule has 0 saturated carbocycles. The topological polar surface area (TPSA) is 116 Å². The molecule has 118 valence electrons. The summed E-state index contributed by atoms with van der Waals surface area (Å²) in [4.78, 5) is 46.9. The number of carbonyl (C=O) groups excluding carboxylic acids is 3. The molecule has 1 atom stereocenters. The summed E-state index contributed by atoms with van der Waals surface area (Å²) >= 11 is 0. The minimum absolute atomic E-state index is 0.0380. The fourth-order valence-electron chi connectivity index (χ4n) is 2.03. The molecule has 0 aliphatic carbocycles. The second-order valence-corrected chi connectivity index (χ2v) is 5.66. The van der Waals surface area contributed by atoms with Crippen LogP contribution in [0.4, 0.5) is 4.79 Å². The molecule has 0 radical (unpaired) electrons. The van der Waals surface area contributed by atoms with Crippen molar-refractivity contribution in [2.24, 2.45) is 0 Å². The van der Waals surface area contributed by atoms with Crippen LogP contribution in [0.25, 0.3) is 0 Å². The summed E-state index contributed by atoms with van der Waals surface area (Å²) in [5.41, 5.74) is -1.11. The van der Waals surface area contributed by atoms with Gasteiger partial charge >= 0.3 is 12.0 Å². The number of nitrogens with zero attached hydrogens (tertiary/aromatic N) is 1. The van der Waals surface area contributed by atoms with E-state index in [0.29, 0.717) is 12.8 Å². The Labute approximate surface area is 122 Å². The number of nitrogens with one attached hydrogen (secondary N) is 2. The molecule has 1 unspecified atom stereocenters. The van der Waals surface area contributed by atoms with E-state index in [9.17, 15) is 19.2 Å². The lowest BCUT2D eigenvalue weighted by Crippen LogP contribution is -2.67. The number of amides is 4. The molecule has 8 heteroatoms. The summed E-state index contributed by atoms with van der Waals surface area (Å²) in [6.45, 7) is 4.68. The van der Waals surface area contributed by atoms with Gasteiger partial charge in [-0.2, -0.15) is 0 Å². The van der Waals surface area contributed by atoms with E-state index in [1.165, 1.54) is 4.90 Å². The molecule has 1 heterocycles. The Hall–Kier alpha value is -2.12. The molecule has 1 aliphatic rings. The van der Waals surface area contributed by atoms with Crippen molar-refractivity contribution in [3.8, 4) is 0 Å². The van der Waals surface area contributed by atoms with E-state index in [-0.39, 0.29) is 19.0 Å². The van der Waals surface area contributed by atoms with Crippen LogP contribution >= 0.6 is 0 Å². The van der Waals surface area contributed by atoms with Crippen LogP contribution in [0.2, 0.25) is 0 Å². The molecule has 8 nitrogen and oxygen atoms in total. The molecule has 4 amide bonds. The molecular weight excluding hydrogens is 278 g/mol. The van der Waals surface area contributed by atoms with Crippen LogP contribution < -0.4 is 10.6 Å². The third-order valence-electron chi connectivity index (χ3n) is 3.43. The zero-order chi connectivity index (χ0) is 16.2. The minimum atomic E-state index is -1.11. The van der Waals surface area contributed by atoms with Gasteiger partial charge in [-0.15, -0.1) is 0 Å². The maximum Gasteiger partial charge on any atom is 0.318 e. The van der Waals surface area contributed by atoms with E-state index < -0.39 is 29.4 Å². The van der Waals surface area contributed by atoms with Gasteiger partial charge in [-0.1, -0.05) is 0 Å². The number of hydrogen-bond donors (Lipinski definition) is 3. The number of aliphatic carboxylic acids is 1. The predicted molar refractivity (Wildman–Crippen MR) is 73.4 cm³/mol. The first kappa shape index (κ1) is 16.9. The van der Waals surface area contributed by atoms with Gasteiger partial charge in [0.05, 0.1) is 0 Å². The van der Waals surface area contributed by atoms with Crippen LogP contribution in [-0.4, -0.2) is 51.9 Å². The molecule has 0 aromatic heterocycles. The van der Waals surface area contributed by atoms with Crippen molar-refractivity contribution in [1.29, 1.82) is 0 Å². The van der Waals surface area contributed by atoms with Gasteiger partial charge in [-0.05, 0) is 33.6 Å². The summed E-state index contributed by atoms with van der Waals surface area (Å²) in [5.74, 6) is -1.92. The Morgan fingerprint density at radius 2 is 2.05 bits per heavy atom. The Morgan fingerprint density at radius 1 is 1.43 bits per heavy atom. The number of imide groups is 1. The number of hydrogen-bond acceptors (Lipinski definition) is 4. The quantitative estimate of drug-likeness (QED) is 0.622. The standard InChI is InChI=1S/C13H21N3O5/c1-8(5-4-6-10(18)19)14-12(21)16-7-9(17)15-11(20)13(16,2)3/h8H,4-7H2,1-3H3,(H,14,21)(H,18,19)(H,15,17,20). The molecule has 0 aromatic rings. The number of piperazine rings is 1. The molecule has 21 heavy (non-hydrogen) atoms. The van der Waals surface area contributed by atoms with Crippen LogP contribution in [0.15, 0.2) is 0 Å². The summed E-state index contributed by atoms with van der Waals surface area (Å²) in [6.07, 6.45) is 0.988. The van der Waals surface area contributed by atoms with Gasteiger partial charge in [0.15, 0.2) is 0 Å². The van der Waals surface area contributed by atoms with Crippen LogP contribution in [-0.2, 0) is 14.4 Å². The fraction of sp³-hybridized carbons (Fsp3) is 0.692. The highest BCUT2D eigenvalue weighted by Gasteiger charge is 2.43. The van der Waals surface area contributed by atoms with E-state index in [2.05, 4.69) is 10.6 Å². The fourth-order valence-corrected chi connectivity index (χ4v) is 2.03. The van der Waals surface area contributed by atoms with Crippen molar-refractivity contribution in [2.75, 3.05) is 6.54 Å². The molecule has 1 saturated heterocycles. The Kier molecular flexibility index (Phi) is 5.28. The Morgan fingerprint density at radius 3 is 2.62 bits per heavy atom. The minimum Gasteiger partial charge on any atom is -0.481 e. The van der Waals surface area contributed by atoms with E-state index >= 15 is 0 Å². The lowest BCUT2D eigenvalue weighted by atomic mass is 9.99. The molecule has 1 fully saturated rings. The third-order valence-corrected chi connectivity index (χ3v) is 3.43. The molecule has 0 bridgehead atoms. The van der Waals surface area contributed by atoms with Gasteiger partial charge < -0.3 is 15.3 Å². The first-order valence-corrected chi connectivity index (χ1v) is 6.78. The van der Waals surface area contributed by atoms with Gasteiger partial charge in [0, 0.05) is 12.5 Å². The van der Waals surface area contributed by atoms with Crippen molar-refractivity contribution in [1.82, 2.24) is 15.5 Å². The third kappa shape index (κ3) is 4.44. The van der Waals surface area contributed by atoms with Crippen LogP contribution in [0.3, 0.4) is 0 Å². The summed E-state index contributed by atoms with van der Waals surface area (Å²) < 4.78 is 0.